The minimum absolute atomic E-state index is 0.0150. The lowest BCUT2D eigenvalue weighted by atomic mass is 9.88. The number of rotatable bonds is 4. The highest BCUT2D eigenvalue weighted by Gasteiger charge is 2.49. The Morgan fingerprint density at radius 3 is 2.15 bits per heavy atom. The molecule has 27 heavy (non-hydrogen) atoms. The van der Waals surface area contributed by atoms with Crippen LogP contribution >= 0.6 is 0 Å². The van der Waals surface area contributed by atoms with Crippen molar-refractivity contribution >= 4 is 38.7 Å². The van der Waals surface area contributed by atoms with Gasteiger partial charge in [0.2, 0.25) is 5.91 Å². The largest absolute Gasteiger partial charge is 0.346 e. The van der Waals surface area contributed by atoms with E-state index in [1.165, 1.54) is 0 Å². The van der Waals surface area contributed by atoms with Gasteiger partial charge in [0, 0.05) is 34.5 Å². The number of aromatic nitrogens is 1. The van der Waals surface area contributed by atoms with Gasteiger partial charge >= 0.3 is 0 Å². The molecular formula is C21H32N2O2Si2. The third kappa shape index (κ3) is 3.23. The van der Waals surface area contributed by atoms with Crippen LogP contribution in [0.15, 0.2) is 24.3 Å². The van der Waals surface area contributed by atoms with Gasteiger partial charge < -0.3 is 9.47 Å². The number of hydrogen-bond acceptors (Lipinski definition) is 2. The number of nitrogens with zero attached hydrogens (tertiary/aromatic N) is 2. The van der Waals surface area contributed by atoms with Crippen LogP contribution in [0.25, 0.3) is 10.9 Å². The average molecular weight is 401 g/mol. The summed E-state index contributed by atoms with van der Waals surface area (Å²) in [5.74, 6) is -0.705. The van der Waals surface area contributed by atoms with Crippen molar-refractivity contribution in [3.05, 3.63) is 35.5 Å². The molecule has 0 radical (unpaired) electrons. The van der Waals surface area contributed by atoms with Gasteiger partial charge in [-0.15, -0.1) is 0 Å². The Balaban J connectivity index is 2.26. The summed E-state index contributed by atoms with van der Waals surface area (Å²) in [6.07, 6.45) is 0. The summed E-state index contributed by atoms with van der Waals surface area (Å²) in [5, 5.41) is 1.34. The first-order valence-corrected chi connectivity index (χ1v) is 16.9. The molecule has 1 aromatic heterocycles. The predicted octanol–water partition coefficient (Wildman–Crippen LogP) is 4.32. The van der Waals surface area contributed by atoms with Crippen molar-refractivity contribution < 1.29 is 9.59 Å². The number of ketones is 1. The number of amides is 1. The van der Waals surface area contributed by atoms with Gasteiger partial charge in [0.25, 0.3) is 0 Å². The van der Waals surface area contributed by atoms with Crippen molar-refractivity contribution in [3.63, 3.8) is 0 Å². The second kappa shape index (κ2) is 6.45. The van der Waals surface area contributed by atoms with E-state index in [0.717, 1.165) is 22.2 Å². The molecule has 1 unspecified atom stereocenters. The fourth-order valence-corrected chi connectivity index (χ4v) is 18.0. The van der Waals surface area contributed by atoms with Crippen LogP contribution in [-0.4, -0.2) is 42.6 Å². The molecule has 0 spiro atoms. The van der Waals surface area contributed by atoms with Gasteiger partial charge in [0.15, 0.2) is 0 Å². The Morgan fingerprint density at radius 2 is 1.63 bits per heavy atom. The van der Waals surface area contributed by atoms with Crippen molar-refractivity contribution in [1.29, 1.82) is 0 Å². The number of benzene rings is 1. The van der Waals surface area contributed by atoms with Crippen LogP contribution in [0.5, 0.6) is 0 Å². The summed E-state index contributed by atoms with van der Waals surface area (Å²) in [6, 6.07) is 8.13. The smallest absolute Gasteiger partial charge is 0.237 e. The number of para-hydroxylation sites is 1. The van der Waals surface area contributed by atoms with Crippen LogP contribution in [0.3, 0.4) is 0 Å². The summed E-state index contributed by atoms with van der Waals surface area (Å²) in [6.45, 7) is 16.3. The molecule has 6 heteroatoms. The number of carbonyl (C=O) groups is 2. The molecule has 0 fully saturated rings. The SMILES string of the molecule is CC(=O)C1C(=O)N(C([Si](C)(C)C)[Si](C)(C)C)Cc2c1c1ccccc1n2C. The number of Topliss-reactive ketones (excluding diaryl/α,β-unsaturated/α-hetero) is 1. The van der Waals surface area contributed by atoms with Gasteiger partial charge in [-0.1, -0.05) is 57.5 Å². The number of carbonyl (C=O) groups excluding carboxylic acids is 2. The molecule has 1 aliphatic rings. The normalized spacial score (nSPS) is 18.3. The molecule has 1 atom stereocenters. The molecule has 1 aromatic carbocycles. The van der Waals surface area contributed by atoms with Crippen LogP contribution in [0.2, 0.25) is 39.3 Å². The Labute approximate surface area is 164 Å². The van der Waals surface area contributed by atoms with Crippen molar-refractivity contribution in [2.45, 2.75) is 64.0 Å². The van der Waals surface area contributed by atoms with Crippen LogP contribution in [-0.2, 0) is 23.2 Å². The van der Waals surface area contributed by atoms with Gasteiger partial charge in [0.1, 0.15) is 11.7 Å². The van der Waals surface area contributed by atoms with E-state index < -0.39 is 22.1 Å². The van der Waals surface area contributed by atoms with E-state index in [2.05, 4.69) is 61.9 Å². The number of hydrogen-bond donors (Lipinski definition) is 0. The van der Waals surface area contributed by atoms with Gasteiger partial charge in [-0.3, -0.25) is 9.59 Å². The van der Waals surface area contributed by atoms with E-state index in [4.69, 9.17) is 0 Å². The Bertz CT molecular complexity index is 905. The predicted molar refractivity (Wildman–Crippen MR) is 117 cm³/mol. The summed E-state index contributed by atoms with van der Waals surface area (Å²) < 4.78 is 2.19. The van der Waals surface area contributed by atoms with Crippen LogP contribution < -0.4 is 0 Å². The Hall–Kier alpha value is -1.67. The van der Waals surface area contributed by atoms with Crippen molar-refractivity contribution in [2.75, 3.05) is 0 Å². The highest BCUT2D eigenvalue weighted by molar-refractivity contribution is 6.96. The van der Waals surface area contributed by atoms with E-state index in [0.29, 0.717) is 11.8 Å². The maximum atomic E-state index is 13.7. The number of fused-ring (bicyclic) bond motifs is 3. The van der Waals surface area contributed by atoms with Crippen LogP contribution in [0.1, 0.15) is 24.1 Å². The van der Waals surface area contributed by atoms with E-state index in [-0.39, 0.29) is 11.7 Å². The summed E-state index contributed by atoms with van der Waals surface area (Å²) >= 11 is 0. The first kappa shape index (κ1) is 20.1. The van der Waals surface area contributed by atoms with Gasteiger partial charge in [-0.05, 0) is 13.0 Å². The molecule has 0 saturated carbocycles. The molecular weight excluding hydrogens is 368 g/mol. The highest BCUT2D eigenvalue weighted by Crippen LogP contribution is 2.40. The van der Waals surface area contributed by atoms with Crippen molar-refractivity contribution in [1.82, 2.24) is 9.47 Å². The van der Waals surface area contributed by atoms with E-state index in [9.17, 15) is 9.59 Å². The molecule has 0 saturated heterocycles. The minimum Gasteiger partial charge on any atom is -0.346 e. The van der Waals surface area contributed by atoms with E-state index >= 15 is 0 Å². The third-order valence-corrected chi connectivity index (χ3v) is 14.9. The fourth-order valence-electron chi connectivity index (χ4n) is 5.35. The summed E-state index contributed by atoms with van der Waals surface area (Å²) in [7, 11) is -1.23. The van der Waals surface area contributed by atoms with E-state index in [1.54, 1.807) is 6.92 Å². The standard InChI is InChI=1S/C21H32N2O2Si2/c1-14(24)18-19-15-11-9-10-12-16(15)22(2)17(19)13-23(20(18)25)21(26(3,4)5)27(6,7)8/h9-12,18,21H,13H2,1-8H3. The first-order valence-electron chi connectivity index (χ1n) is 9.72. The topological polar surface area (TPSA) is 42.3 Å². The van der Waals surface area contributed by atoms with Crippen LogP contribution in [0.4, 0.5) is 0 Å². The lowest BCUT2D eigenvalue weighted by Crippen LogP contribution is -2.66. The summed E-state index contributed by atoms with van der Waals surface area (Å²) in [5.41, 5.74) is 3.16. The van der Waals surface area contributed by atoms with Gasteiger partial charge in [-0.25, -0.2) is 0 Å². The third-order valence-electron chi connectivity index (χ3n) is 5.77. The van der Waals surface area contributed by atoms with E-state index in [1.807, 2.05) is 18.2 Å². The monoisotopic (exact) mass is 400 g/mol. The Kier molecular flexibility index (Phi) is 4.79. The molecule has 0 bridgehead atoms. The zero-order valence-corrected chi connectivity index (χ0v) is 19.9. The highest BCUT2D eigenvalue weighted by atomic mass is 28.4. The lowest BCUT2D eigenvalue weighted by molar-refractivity contribution is -0.138. The molecule has 0 N–H and O–H groups in total. The molecule has 2 heterocycles. The average Bonchev–Trinajstić information content (AvgIpc) is 2.78. The molecule has 2 aromatic rings. The second-order valence-electron chi connectivity index (χ2n) is 10.1. The summed E-state index contributed by atoms with van der Waals surface area (Å²) in [4.78, 5) is 28.4. The second-order valence-corrected chi connectivity index (χ2v) is 21.2. The van der Waals surface area contributed by atoms with Gasteiger partial charge in [0.05, 0.1) is 22.7 Å². The molecule has 0 aliphatic carbocycles. The fraction of sp³-hybridized carbons (Fsp3) is 0.524. The molecule has 1 amide bonds. The Morgan fingerprint density at radius 1 is 1.07 bits per heavy atom. The minimum atomic E-state index is -1.65. The maximum Gasteiger partial charge on any atom is 0.237 e. The number of aryl methyl sites for hydroxylation is 1. The molecule has 146 valence electrons. The molecule has 3 rings (SSSR count). The quantitative estimate of drug-likeness (QED) is 0.567. The molecule has 1 aliphatic heterocycles. The lowest BCUT2D eigenvalue weighted by Gasteiger charge is -2.48. The zero-order valence-electron chi connectivity index (χ0n) is 17.9. The molecule has 4 nitrogen and oxygen atoms in total. The first-order chi connectivity index (χ1) is 12.4. The maximum absolute atomic E-state index is 13.7. The van der Waals surface area contributed by atoms with Gasteiger partial charge in [-0.2, -0.15) is 0 Å². The van der Waals surface area contributed by atoms with Crippen molar-refractivity contribution in [3.8, 4) is 0 Å². The van der Waals surface area contributed by atoms with Crippen molar-refractivity contribution in [2.24, 2.45) is 7.05 Å². The zero-order chi connectivity index (χ0) is 20.3. The van der Waals surface area contributed by atoms with Crippen LogP contribution in [0, 0.1) is 0 Å².